The highest BCUT2D eigenvalue weighted by Gasteiger charge is 2.26. The molecule has 0 radical (unpaired) electrons. The number of nitrogens with one attached hydrogen (secondary N) is 2. The van der Waals surface area contributed by atoms with Crippen molar-refractivity contribution in [3.05, 3.63) is 69.1 Å². The Bertz CT molecular complexity index is 1340. The molecule has 0 saturated heterocycles. The van der Waals surface area contributed by atoms with Crippen LogP contribution in [-0.4, -0.2) is 50.7 Å². The van der Waals surface area contributed by atoms with E-state index in [9.17, 15) is 19.2 Å². The van der Waals surface area contributed by atoms with Gasteiger partial charge in [-0.2, -0.15) is 10.1 Å². The Hall–Kier alpha value is -3.96. The lowest BCUT2D eigenvalue weighted by molar-refractivity contribution is -0.129. The van der Waals surface area contributed by atoms with Gasteiger partial charge in [0.05, 0.1) is 29.1 Å². The molecule has 0 atom stereocenters. The number of carbonyl (C=O) groups is 4. The highest BCUT2D eigenvalue weighted by atomic mass is 35.5. The van der Waals surface area contributed by atoms with E-state index in [1.54, 1.807) is 26.0 Å². The summed E-state index contributed by atoms with van der Waals surface area (Å²) in [5.74, 6) is -2.05. The van der Waals surface area contributed by atoms with Gasteiger partial charge in [0.25, 0.3) is 11.8 Å². The van der Waals surface area contributed by atoms with Gasteiger partial charge in [-0.15, -0.1) is 0 Å². The van der Waals surface area contributed by atoms with Crippen molar-refractivity contribution < 1.29 is 23.9 Å². The predicted octanol–water partition coefficient (Wildman–Crippen LogP) is 3.70. The zero-order valence-corrected chi connectivity index (χ0v) is 20.6. The van der Waals surface area contributed by atoms with Crippen molar-refractivity contribution in [1.29, 1.82) is 0 Å². The van der Waals surface area contributed by atoms with Gasteiger partial charge in [0, 0.05) is 18.1 Å². The van der Waals surface area contributed by atoms with E-state index in [1.165, 1.54) is 29.1 Å². The van der Waals surface area contributed by atoms with Crippen molar-refractivity contribution in [3.8, 4) is 5.82 Å². The molecule has 0 spiro atoms. The average Bonchev–Trinajstić information content (AvgIpc) is 3.19. The molecule has 0 aliphatic carbocycles. The number of anilines is 1. The number of rotatable bonds is 4. The van der Waals surface area contributed by atoms with Gasteiger partial charge in [-0.25, -0.2) is 14.5 Å². The molecule has 13 heteroatoms. The third-order valence-electron chi connectivity index (χ3n) is 4.67. The summed E-state index contributed by atoms with van der Waals surface area (Å²) in [6, 6.07) is 7.60. The topological polar surface area (TPSA) is 136 Å². The lowest BCUT2D eigenvalue weighted by Crippen LogP contribution is -2.49. The van der Waals surface area contributed by atoms with E-state index in [0.29, 0.717) is 16.3 Å². The minimum absolute atomic E-state index is 0.0998. The highest BCUT2D eigenvalue weighted by Crippen LogP contribution is 2.27. The summed E-state index contributed by atoms with van der Waals surface area (Å²) in [5, 5.41) is 7.85. The monoisotopic (exact) mass is 518 g/mol. The fourth-order valence-corrected chi connectivity index (χ4v) is 3.60. The van der Waals surface area contributed by atoms with E-state index in [2.05, 4.69) is 25.6 Å². The minimum atomic E-state index is -1.10. The third kappa shape index (κ3) is 5.58. The zero-order valence-electron chi connectivity index (χ0n) is 19.1. The maximum Gasteiger partial charge on any atom is 0.435 e. The van der Waals surface area contributed by atoms with Gasteiger partial charge in [-0.1, -0.05) is 23.2 Å². The van der Waals surface area contributed by atoms with E-state index in [0.717, 1.165) is 14.0 Å². The van der Waals surface area contributed by atoms with Gasteiger partial charge < -0.3 is 10.1 Å². The van der Waals surface area contributed by atoms with E-state index >= 15 is 0 Å². The largest absolute Gasteiger partial charge is 0.451 e. The van der Waals surface area contributed by atoms with Crippen molar-refractivity contribution in [2.45, 2.75) is 20.8 Å². The number of aromatic nitrogens is 3. The Morgan fingerprint density at radius 2 is 1.80 bits per heavy atom. The first-order valence-electron chi connectivity index (χ1n) is 10.0. The van der Waals surface area contributed by atoms with E-state index in [1.807, 2.05) is 0 Å². The summed E-state index contributed by atoms with van der Waals surface area (Å²) >= 11 is 12.4. The number of methoxy groups -OCH3 is 1. The number of halogens is 2. The van der Waals surface area contributed by atoms with Crippen LogP contribution in [0.4, 0.5) is 10.5 Å². The molecule has 0 bridgehead atoms. The van der Waals surface area contributed by atoms with Gasteiger partial charge in [-0.05, 0) is 49.7 Å². The number of amides is 4. The van der Waals surface area contributed by atoms with Crippen LogP contribution in [0.25, 0.3) is 5.82 Å². The van der Waals surface area contributed by atoms with Gasteiger partial charge in [0.15, 0.2) is 5.82 Å². The van der Waals surface area contributed by atoms with Crippen molar-refractivity contribution in [1.82, 2.24) is 25.2 Å². The molecule has 4 amide bonds. The van der Waals surface area contributed by atoms with Crippen LogP contribution < -0.4 is 10.7 Å². The fourth-order valence-electron chi connectivity index (χ4n) is 3.13. The number of ether oxygens (including phenoxy) is 1. The molecule has 0 fully saturated rings. The molecule has 2 heterocycles. The molecule has 3 rings (SSSR count). The number of aryl methyl sites for hydroxylation is 2. The normalized spacial score (nSPS) is 10.5. The standard InChI is InChI=1S/C22H20Cl2N6O5/c1-11-8-14(23)10-15(20(32)28-29(13(3)31)22(34)35-4)18(11)26-21(33)17-9-12(2)27-30(17)19-16(24)6-5-7-25-19/h5-10H,1-4H3,(H,26,33)(H,28,32). The van der Waals surface area contributed by atoms with Gasteiger partial charge in [0.2, 0.25) is 5.91 Å². The van der Waals surface area contributed by atoms with Crippen molar-refractivity contribution >= 4 is 52.7 Å². The first-order chi connectivity index (χ1) is 16.5. The summed E-state index contributed by atoms with van der Waals surface area (Å²) in [6.45, 7) is 4.38. The SMILES string of the molecule is COC(=O)N(NC(=O)c1cc(Cl)cc(C)c1NC(=O)c1cc(C)nn1-c1ncccc1Cl)C(C)=O. The molecule has 0 aliphatic rings. The van der Waals surface area contributed by atoms with Crippen LogP contribution in [0, 0.1) is 13.8 Å². The van der Waals surface area contributed by atoms with Crippen molar-refractivity contribution in [2.75, 3.05) is 12.4 Å². The average molecular weight is 519 g/mol. The van der Waals surface area contributed by atoms with Crippen LogP contribution in [0.5, 0.6) is 0 Å². The maximum atomic E-state index is 13.3. The van der Waals surface area contributed by atoms with Crippen LogP contribution in [0.1, 0.15) is 39.0 Å². The van der Waals surface area contributed by atoms with Crippen LogP contribution in [0.3, 0.4) is 0 Å². The lowest BCUT2D eigenvalue weighted by Gasteiger charge is -2.20. The number of hydrogen-bond acceptors (Lipinski definition) is 7. The number of pyridine rings is 1. The smallest absolute Gasteiger partial charge is 0.435 e. The molecule has 35 heavy (non-hydrogen) atoms. The third-order valence-corrected chi connectivity index (χ3v) is 5.19. The molecule has 2 N–H and O–H groups in total. The summed E-state index contributed by atoms with van der Waals surface area (Å²) in [5.41, 5.74) is 3.23. The predicted molar refractivity (Wildman–Crippen MR) is 128 cm³/mol. The Morgan fingerprint density at radius 3 is 2.43 bits per heavy atom. The molecular weight excluding hydrogens is 499 g/mol. The first-order valence-corrected chi connectivity index (χ1v) is 10.8. The second-order valence-corrected chi connectivity index (χ2v) is 8.10. The second-order valence-electron chi connectivity index (χ2n) is 7.26. The summed E-state index contributed by atoms with van der Waals surface area (Å²) in [4.78, 5) is 54.1. The van der Waals surface area contributed by atoms with Crippen LogP contribution in [0.15, 0.2) is 36.5 Å². The molecule has 11 nitrogen and oxygen atoms in total. The van der Waals surface area contributed by atoms with Gasteiger partial charge in [-0.3, -0.25) is 19.8 Å². The van der Waals surface area contributed by atoms with Crippen molar-refractivity contribution in [2.24, 2.45) is 0 Å². The van der Waals surface area contributed by atoms with E-state index in [-0.39, 0.29) is 32.8 Å². The summed E-state index contributed by atoms with van der Waals surface area (Å²) in [7, 11) is 1.05. The molecule has 0 unspecified atom stereocenters. The summed E-state index contributed by atoms with van der Waals surface area (Å²) < 4.78 is 5.79. The number of benzene rings is 1. The Labute approximate surface area is 209 Å². The molecule has 3 aromatic rings. The molecular formula is C22H20Cl2N6O5. The second kappa shape index (κ2) is 10.5. The molecule has 2 aromatic heterocycles. The fraction of sp³-hybridized carbons (Fsp3) is 0.182. The maximum absolute atomic E-state index is 13.3. The first kappa shape index (κ1) is 25.7. The van der Waals surface area contributed by atoms with Crippen molar-refractivity contribution in [3.63, 3.8) is 0 Å². The molecule has 0 aliphatic heterocycles. The number of nitrogens with zero attached hydrogens (tertiary/aromatic N) is 4. The Balaban J connectivity index is 2.00. The molecule has 182 valence electrons. The zero-order chi connectivity index (χ0) is 25.9. The van der Waals surface area contributed by atoms with Gasteiger partial charge in [0.1, 0.15) is 5.69 Å². The number of hydrazine groups is 1. The van der Waals surface area contributed by atoms with E-state index in [4.69, 9.17) is 23.2 Å². The quantitative estimate of drug-likeness (QED) is 0.502. The van der Waals surface area contributed by atoms with Crippen LogP contribution in [-0.2, 0) is 9.53 Å². The Morgan fingerprint density at radius 1 is 1.09 bits per heavy atom. The Kier molecular flexibility index (Phi) is 7.72. The van der Waals surface area contributed by atoms with Gasteiger partial charge >= 0.3 is 6.09 Å². The van der Waals surface area contributed by atoms with Crippen LogP contribution in [0.2, 0.25) is 10.0 Å². The molecule has 0 saturated carbocycles. The molecule has 1 aromatic carbocycles. The number of imide groups is 1. The van der Waals surface area contributed by atoms with Crippen LogP contribution >= 0.6 is 23.2 Å². The summed E-state index contributed by atoms with van der Waals surface area (Å²) in [6.07, 6.45) is 0.412. The van der Waals surface area contributed by atoms with E-state index < -0.39 is 23.8 Å². The number of hydrogen-bond donors (Lipinski definition) is 2. The minimum Gasteiger partial charge on any atom is -0.451 e. The lowest BCUT2D eigenvalue weighted by atomic mass is 10.1. The highest BCUT2D eigenvalue weighted by molar-refractivity contribution is 6.32. The number of carbonyl (C=O) groups excluding carboxylic acids is 4.